The van der Waals surface area contributed by atoms with Gasteiger partial charge in [0.05, 0.1) is 0 Å². The first-order valence-corrected chi connectivity index (χ1v) is 6.15. The molecule has 0 N–H and O–H groups in total. The Morgan fingerprint density at radius 2 is 2.27 bits per heavy atom. The molecule has 1 aromatic heterocycles. The third-order valence-electron chi connectivity index (χ3n) is 3.37. The molecule has 0 unspecified atom stereocenters. The SMILES string of the molecule is CC(C)n1ncnc1CC1(CCl)CCC1. The molecule has 0 atom stereocenters. The van der Waals surface area contributed by atoms with Crippen molar-refractivity contribution in [2.75, 3.05) is 5.88 Å². The van der Waals surface area contributed by atoms with Crippen LogP contribution in [0, 0.1) is 5.41 Å². The van der Waals surface area contributed by atoms with Gasteiger partial charge < -0.3 is 0 Å². The topological polar surface area (TPSA) is 30.7 Å². The maximum atomic E-state index is 6.05. The molecule has 4 heteroatoms. The van der Waals surface area contributed by atoms with Crippen LogP contribution in [-0.4, -0.2) is 20.6 Å². The largest absolute Gasteiger partial charge is 0.248 e. The van der Waals surface area contributed by atoms with Crippen LogP contribution < -0.4 is 0 Å². The van der Waals surface area contributed by atoms with E-state index < -0.39 is 0 Å². The molecule has 1 aliphatic carbocycles. The van der Waals surface area contributed by atoms with Crippen molar-refractivity contribution in [2.24, 2.45) is 5.41 Å². The Kier molecular flexibility index (Phi) is 3.01. The number of hydrogen-bond acceptors (Lipinski definition) is 2. The van der Waals surface area contributed by atoms with Gasteiger partial charge in [-0.05, 0) is 32.1 Å². The van der Waals surface area contributed by atoms with Crippen LogP contribution in [0.4, 0.5) is 0 Å². The molecule has 84 valence electrons. The average Bonchev–Trinajstić information content (AvgIpc) is 2.59. The van der Waals surface area contributed by atoms with Gasteiger partial charge in [-0.2, -0.15) is 5.10 Å². The second-order valence-corrected chi connectivity index (χ2v) is 5.15. The van der Waals surface area contributed by atoms with Crippen LogP contribution in [-0.2, 0) is 6.42 Å². The zero-order chi connectivity index (χ0) is 10.9. The average molecular weight is 228 g/mol. The van der Waals surface area contributed by atoms with Crippen LogP contribution in [0.5, 0.6) is 0 Å². The second kappa shape index (κ2) is 4.12. The van der Waals surface area contributed by atoms with Crippen molar-refractivity contribution in [3.05, 3.63) is 12.2 Å². The molecular formula is C11H18ClN3. The van der Waals surface area contributed by atoms with E-state index >= 15 is 0 Å². The van der Waals surface area contributed by atoms with E-state index in [2.05, 4.69) is 23.9 Å². The van der Waals surface area contributed by atoms with Crippen LogP contribution in [0.15, 0.2) is 6.33 Å². The van der Waals surface area contributed by atoms with Crippen molar-refractivity contribution in [2.45, 2.75) is 45.6 Å². The highest BCUT2D eigenvalue weighted by atomic mass is 35.5. The molecule has 1 fully saturated rings. The standard InChI is InChI=1S/C11H18ClN3/c1-9(2)15-10(13-8-14-15)6-11(7-12)4-3-5-11/h8-9H,3-7H2,1-2H3. The zero-order valence-electron chi connectivity index (χ0n) is 9.41. The van der Waals surface area contributed by atoms with Crippen molar-refractivity contribution in [3.63, 3.8) is 0 Å². The summed E-state index contributed by atoms with van der Waals surface area (Å²) in [5, 5.41) is 4.26. The van der Waals surface area contributed by atoms with Crippen LogP contribution in [0.25, 0.3) is 0 Å². The van der Waals surface area contributed by atoms with Gasteiger partial charge in [0.15, 0.2) is 0 Å². The summed E-state index contributed by atoms with van der Waals surface area (Å²) < 4.78 is 2.01. The van der Waals surface area contributed by atoms with E-state index in [4.69, 9.17) is 11.6 Å². The number of rotatable bonds is 4. The summed E-state index contributed by atoms with van der Waals surface area (Å²) >= 11 is 6.05. The van der Waals surface area contributed by atoms with E-state index in [1.54, 1.807) is 6.33 Å². The molecule has 0 radical (unpaired) electrons. The van der Waals surface area contributed by atoms with Gasteiger partial charge >= 0.3 is 0 Å². The van der Waals surface area contributed by atoms with E-state index in [9.17, 15) is 0 Å². The van der Waals surface area contributed by atoms with Crippen LogP contribution in [0.3, 0.4) is 0 Å². The van der Waals surface area contributed by atoms with Crippen molar-refractivity contribution < 1.29 is 0 Å². The molecule has 0 spiro atoms. The molecule has 1 saturated carbocycles. The summed E-state index contributed by atoms with van der Waals surface area (Å²) in [5.74, 6) is 1.84. The van der Waals surface area contributed by atoms with Crippen molar-refractivity contribution in [1.29, 1.82) is 0 Å². The third-order valence-corrected chi connectivity index (χ3v) is 3.93. The fraction of sp³-hybridized carbons (Fsp3) is 0.818. The molecule has 0 aromatic carbocycles. The maximum absolute atomic E-state index is 6.05. The van der Waals surface area contributed by atoms with Gasteiger partial charge in [0.2, 0.25) is 0 Å². The van der Waals surface area contributed by atoms with Crippen molar-refractivity contribution in [3.8, 4) is 0 Å². The molecule has 0 saturated heterocycles. The molecule has 0 bridgehead atoms. The second-order valence-electron chi connectivity index (χ2n) is 4.88. The van der Waals surface area contributed by atoms with E-state index in [1.165, 1.54) is 19.3 Å². The van der Waals surface area contributed by atoms with E-state index in [0.717, 1.165) is 18.1 Å². The predicted molar refractivity (Wildman–Crippen MR) is 61.1 cm³/mol. The number of aromatic nitrogens is 3. The Labute approximate surface area is 95.8 Å². The van der Waals surface area contributed by atoms with E-state index in [0.29, 0.717) is 11.5 Å². The third kappa shape index (κ3) is 2.03. The van der Waals surface area contributed by atoms with Gasteiger partial charge in [0, 0.05) is 18.3 Å². The smallest absolute Gasteiger partial charge is 0.138 e. The Balaban J connectivity index is 2.13. The van der Waals surface area contributed by atoms with Gasteiger partial charge in [0.1, 0.15) is 12.2 Å². The Morgan fingerprint density at radius 1 is 1.53 bits per heavy atom. The number of hydrogen-bond donors (Lipinski definition) is 0. The number of halogens is 1. The first-order chi connectivity index (χ1) is 7.17. The minimum atomic E-state index is 0.307. The van der Waals surface area contributed by atoms with Gasteiger partial charge in [-0.1, -0.05) is 6.42 Å². The van der Waals surface area contributed by atoms with Crippen LogP contribution in [0.2, 0.25) is 0 Å². The number of alkyl halides is 1. The predicted octanol–water partition coefficient (Wildman–Crippen LogP) is 2.81. The lowest BCUT2D eigenvalue weighted by molar-refractivity contribution is 0.159. The molecule has 0 aliphatic heterocycles. The zero-order valence-corrected chi connectivity index (χ0v) is 10.2. The molecule has 2 rings (SSSR count). The molecule has 15 heavy (non-hydrogen) atoms. The molecule has 1 heterocycles. The number of nitrogens with zero attached hydrogens (tertiary/aromatic N) is 3. The lowest BCUT2D eigenvalue weighted by Crippen LogP contribution is -2.34. The normalized spacial score (nSPS) is 19.2. The monoisotopic (exact) mass is 227 g/mol. The summed E-state index contributed by atoms with van der Waals surface area (Å²) in [7, 11) is 0. The van der Waals surface area contributed by atoms with Crippen molar-refractivity contribution >= 4 is 11.6 Å². The molecule has 1 aromatic rings. The lowest BCUT2D eigenvalue weighted by Gasteiger charge is -2.40. The highest BCUT2D eigenvalue weighted by molar-refractivity contribution is 6.18. The minimum absolute atomic E-state index is 0.307. The fourth-order valence-corrected chi connectivity index (χ4v) is 2.56. The van der Waals surface area contributed by atoms with Gasteiger partial charge in [-0.3, -0.25) is 0 Å². The Hall–Kier alpha value is -0.570. The summed E-state index contributed by atoms with van der Waals surface area (Å²) in [4.78, 5) is 4.35. The quantitative estimate of drug-likeness (QED) is 0.741. The van der Waals surface area contributed by atoms with Gasteiger partial charge in [0.25, 0.3) is 0 Å². The van der Waals surface area contributed by atoms with Crippen LogP contribution >= 0.6 is 11.6 Å². The first kappa shape index (κ1) is 10.9. The summed E-state index contributed by atoms with van der Waals surface area (Å²) in [6.45, 7) is 4.26. The highest BCUT2D eigenvalue weighted by Gasteiger charge is 2.37. The Bertz CT molecular complexity index is 323. The minimum Gasteiger partial charge on any atom is -0.248 e. The fourth-order valence-electron chi connectivity index (χ4n) is 2.20. The summed E-state index contributed by atoms with van der Waals surface area (Å²) in [6, 6.07) is 0.384. The highest BCUT2D eigenvalue weighted by Crippen LogP contribution is 2.44. The molecular weight excluding hydrogens is 210 g/mol. The van der Waals surface area contributed by atoms with Crippen molar-refractivity contribution in [1.82, 2.24) is 14.8 Å². The maximum Gasteiger partial charge on any atom is 0.138 e. The van der Waals surface area contributed by atoms with Gasteiger partial charge in [-0.15, -0.1) is 11.6 Å². The summed E-state index contributed by atoms with van der Waals surface area (Å²) in [5.41, 5.74) is 0.307. The van der Waals surface area contributed by atoms with E-state index in [-0.39, 0.29) is 0 Å². The first-order valence-electron chi connectivity index (χ1n) is 5.61. The van der Waals surface area contributed by atoms with E-state index in [1.807, 2.05) is 4.68 Å². The molecule has 1 aliphatic rings. The molecule has 0 amide bonds. The molecule has 3 nitrogen and oxygen atoms in total. The lowest BCUT2D eigenvalue weighted by atomic mass is 9.68. The van der Waals surface area contributed by atoms with Crippen LogP contribution in [0.1, 0.15) is 45.0 Å². The summed E-state index contributed by atoms with van der Waals surface area (Å²) in [6.07, 6.45) is 6.41. The van der Waals surface area contributed by atoms with Gasteiger partial charge in [-0.25, -0.2) is 9.67 Å². The Morgan fingerprint density at radius 3 is 2.73 bits per heavy atom.